The molecular weight excluding hydrogens is 419 g/mol. The number of amides is 1. The van der Waals surface area contributed by atoms with Crippen LogP contribution in [-0.4, -0.2) is 38.6 Å². The van der Waals surface area contributed by atoms with Crippen molar-refractivity contribution in [1.29, 1.82) is 0 Å². The molecule has 0 saturated heterocycles. The van der Waals surface area contributed by atoms with Gasteiger partial charge in [-0.1, -0.05) is 0 Å². The molecule has 0 heterocycles. The lowest BCUT2D eigenvalue weighted by Gasteiger charge is -2.13. The molecule has 0 aliphatic carbocycles. The molecule has 10 heteroatoms. The van der Waals surface area contributed by atoms with Crippen molar-refractivity contribution in [1.82, 2.24) is 0 Å². The van der Waals surface area contributed by atoms with Gasteiger partial charge in [0.15, 0.2) is 6.10 Å². The molecule has 1 N–H and O–H groups in total. The van der Waals surface area contributed by atoms with Gasteiger partial charge in [-0.3, -0.25) is 4.79 Å². The van der Waals surface area contributed by atoms with E-state index in [9.17, 15) is 22.8 Å². The first kappa shape index (κ1) is 23.6. The maximum atomic E-state index is 12.2. The zero-order valence-electron chi connectivity index (χ0n) is 16.9. The average Bonchev–Trinajstić information content (AvgIpc) is 2.72. The molecule has 0 saturated carbocycles. The number of hydrogen-bond donors (Lipinski definition) is 1. The van der Waals surface area contributed by atoms with E-state index in [0.29, 0.717) is 17.1 Å². The van der Waals surface area contributed by atoms with Gasteiger partial charge >= 0.3 is 12.3 Å². The van der Waals surface area contributed by atoms with Crippen molar-refractivity contribution in [2.45, 2.75) is 19.4 Å². The highest BCUT2D eigenvalue weighted by atomic mass is 19.4. The molecule has 1 atom stereocenters. The van der Waals surface area contributed by atoms with Crippen LogP contribution in [0.1, 0.15) is 12.5 Å². The van der Waals surface area contributed by atoms with E-state index in [1.807, 2.05) is 0 Å². The molecule has 2 rings (SSSR count). The summed E-state index contributed by atoms with van der Waals surface area (Å²) in [5.41, 5.74) is 0.774. The smallest absolute Gasteiger partial charge is 0.497 e. The Hall–Kier alpha value is -3.69. The van der Waals surface area contributed by atoms with Crippen LogP contribution in [-0.2, 0) is 14.3 Å². The molecule has 166 valence electrons. The second kappa shape index (κ2) is 10.4. The third-order valence-electron chi connectivity index (χ3n) is 3.85. The normalized spacial score (nSPS) is 12.2. The average molecular weight is 439 g/mol. The monoisotopic (exact) mass is 439 g/mol. The van der Waals surface area contributed by atoms with Gasteiger partial charge in [-0.2, -0.15) is 0 Å². The highest BCUT2D eigenvalue weighted by molar-refractivity contribution is 5.96. The van der Waals surface area contributed by atoms with Crippen molar-refractivity contribution >= 4 is 23.6 Å². The van der Waals surface area contributed by atoms with Gasteiger partial charge in [0.05, 0.1) is 14.2 Å². The molecule has 0 unspecified atom stereocenters. The molecule has 1 amide bonds. The van der Waals surface area contributed by atoms with Crippen molar-refractivity contribution < 1.29 is 41.7 Å². The minimum absolute atomic E-state index is 0.207. The van der Waals surface area contributed by atoms with Gasteiger partial charge in [-0.05, 0) is 55.5 Å². The van der Waals surface area contributed by atoms with E-state index in [1.165, 1.54) is 39.4 Å². The third kappa shape index (κ3) is 7.57. The minimum Gasteiger partial charge on any atom is -0.497 e. The summed E-state index contributed by atoms with van der Waals surface area (Å²) in [4.78, 5) is 24.2. The Balaban J connectivity index is 1.94. The van der Waals surface area contributed by atoms with Crippen LogP contribution in [0.15, 0.2) is 48.5 Å². The zero-order valence-corrected chi connectivity index (χ0v) is 16.9. The molecule has 2 aromatic carbocycles. The van der Waals surface area contributed by atoms with Crippen LogP contribution in [0.4, 0.5) is 18.9 Å². The Morgan fingerprint density at radius 2 is 1.65 bits per heavy atom. The number of esters is 1. The van der Waals surface area contributed by atoms with E-state index in [-0.39, 0.29) is 5.69 Å². The fourth-order valence-corrected chi connectivity index (χ4v) is 2.38. The van der Waals surface area contributed by atoms with E-state index >= 15 is 0 Å². The van der Waals surface area contributed by atoms with Crippen LogP contribution in [0.5, 0.6) is 17.2 Å². The number of alkyl halides is 3. The van der Waals surface area contributed by atoms with E-state index < -0.39 is 30.1 Å². The van der Waals surface area contributed by atoms with E-state index in [2.05, 4.69) is 10.1 Å². The lowest BCUT2D eigenvalue weighted by Crippen LogP contribution is -2.29. The van der Waals surface area contributed by atoms with Gasteiger partial charge in [0, 0.05) is 17.3 Å². The molecular formula is C21H20F3NO6. The molecule has 0 aromatic heterocycles. The van der Waals surface area contributed by atoms with Crippen molar-refractivity contribution in [3.8, 4) is 17.2 Å². The van der Waals surface area contributed by atoms with Gasteiger partial charge in [0.1, 0.15) is 17.2 Å². The van der Waals surface area contributed by atoms with Gasteiger partial charge < -0.3 is 24.3 Å². The quantitative estimate of drug-likeness (QED) is 0.491. The van der Waals surface area contributed by atoms with Gasteiger partial charge in [-0.25, -0.2) is 4.79 Å². The molecule has 7 nitrogen and oxygen atoms in total. The Morgan fingerprint density at radius 1 is 1.00 bits per heavy atom. The van der Waals surface area contributed by atoms with Crippen LogP contribution < -0.4 is 19.5 Å². The predicted octanol–water partition coefficient (Wildman–Crippen LogP) is 4.19. The fraction of sp³-hybridized carbons (Fsp3) is 0.238. The number of halogens is 3. The Bertz CT molecular complexity index is 941. The number of hydrogen-bond acceptors (Lipinski definition) is 6. The summed E-state index contributed by atoms with van der Waals surface area (Å²) in [7, 11) is 2.98. The van der Waals surface area contributed by atoms with Gasteiger partial charge in [0.2, 0.25) is 0 Å². The van der Waals surface area contributed by atoms with Crippen LogP contribution in [0.3, 0.4) is 0 Å². The van der Waals surface area contributed by atoms with E-state index in [0.717, 1.165) is 18.2 Å². The highest BCUT2D eigenvalue weighted by Crippen LogP contribution is 2.25. The van der Waals surface area contributed by atoms with Crippen LogP contribution in [0.25, 0.3) is 6.08 Å². The number of benzene rings is 2. The molecule has 0 aliphatic heterocycles. The SMILES string of the molecule is COc1ccc(OC)c(/C=C/C(=O)O[C@@H](C)C(=O)Nc2ccc(OC(F)(F)F)cc2)c1. The lowest BCUT2D eigenvalue weighted by molar-refractivity contribution is -0.274. The summed E-state index contributed by atoms with van der Waals surface area (Å²) in [5.74, 6) is -0.795. The zero-order chi connectivity index (χ0) is 23.0. The summed E-state index contributed by atoms with van der Waals surface area (Å²) in [5, 5.41) is 2.43. The second-order valence-electron chi connectivity index (χ2n) is 6.08. The van der Waals surface area contributed by atoms with Crippen LogP contribution in [0, 0.1) is 0 Å². The first-order valence-electron chi connectivity index (χ1n) is 8.88. The Labute approximate surface area is 176 Å². The molecule has 0 fully saturated rings. The molecule has 0 radical (unpaired) electrons. The minimum atomic E-state index is -4.81. The number of carbonyl (C=O) groups excluding carboxylic acids is 2. The van der Waals surface area contributed by atoms with E-state index in [4.69, 9.17) is 14.2 Å². The molecule has 0 bridgehead atoms. The molecule has 0 aliphatic rings. The number of carbonyl (C=O) groups is 2. The van der Waals surface area contributed by atoms with Crippen molar-refractivity contribution in [2.75, 3.05) is 19.5 Å². The third-order valence-corrected chi connectivity index (χ3v) is 3.85. The predicted molar refractivity (Wildman–Crippen MR) is 106 cm³/mol. The highest BCUT2D eigenvalue weighted by Gasteiger charge is 2.31. The van der Waals surface area contributed by atoms with Gasteiger partial charge in [-0.15, -0.1) is 13.2 Å². The first-order valence-corrected chi connectivity index (χ1v) is 8.88. The standard InChI is InChI=1S/C21H20F3NO6/c1-13(20(27)25-15-5-7-16(8-6-15)31-21(22,23)24)30-19(26)11-4-14-12-17(28-2)9-10-18(14)29-3/h4-13H,1-3H3,(H,25,27)/b11-4+/t13-/m0/s1. The largest absolute Gasteiger partial charge is 0.573 e. The lowest BCUT2D eigenvalue weighted by atomic mass is 10.1. The summed E-state index contributed by atoms with van der Waals surface area (Å²) >= 11 is 0. The van der Waals surface area contributed by atoms with Crippen molar-refractivity contribution in [3.05, 3.63) is 54.1 Å². The fourth-order valence-electron chi connectivity index (χ4n) is 2.38. The Kier molecular flexibility index (Phi) is 7.89. The Morgan fingerprint density at radius 3 is 2.23 bits per heavy atom. The van der Waals surface area contributed by atoms with E-state index in [1.54, 1.807) is 18.2 Å². The summed E-state index contributed by atoms with van der Waals surface area (Å²) in [6, 6.07) is 9.57. The summed E-state index contributed by atoms with van der Waals surface area (Å²) < 4.78 is 55.6. The molecule has 2 aromatic rings. The van der Waals surface area contributed by atoms with Crippen LogP contribution in [0.2, 0.25) is 0 Å². The molecule has 31 heavy (non-hydrogen) atoms. The first-order chi connectivity index (χ1) is 14.6. The number of ether oxygens (including phenoxy) is 4. The van der Waals surface area contributed by atoms with Crippen molar-refractivity contribution in [2.24, 2.45) is 0 Å². The summed E-state index contributed by atoms with van der Waals surface area (Å²) in [6.07, 6.45) is -3.39. The maximum absolute atomic E-state index is 12.2. The molecule has 0 spiro atoms. The maximum Gasteiger partial charge on any atom is 0.573 e. The number of anilines is 1. The number of rotatable bonds is 8. The topological polar surface area (TPSA) is 83.1 Å². The number of methoxy groups -OCH3 is 2. The number of nitrogens with one attached hydrogen (secondary N) is 1. The second-order valence-corrected chi connectivity index (χ2v) is 6.08. The van der Waals surface area contributed by atoms with Gasteiger partial charge in [0.25, 0.3) is 5.91 Å². The van der Waals surface area contributed by atoms with Crippen molar-refractivity contribution in [3.63, 3.8) is 0 Å². The van der Waals surface area contributed by atoms with Crippen LogP contribution >= 0.6 is 0 Å². The summed E-state index contributed by atoms with van der Waals surface area (Å²) in [6.45, 7) is 1.36.